The van der Waals surface area contributed by atoms with Gasteiger partial charge in [-0.05, 0) is 39.8 Å². The lowest BCUT2D eigenvalue weighted by Gasteiger charge is -2.22. The Morgan fingerprint density at radius 1 is 1.42 bits per heavy atom. The number of carbonyl (C=O) groups excluding carboxylic acids is 1. The molecule has 0 saturated carbocycles. The number of pyridine rings is 1. The fourth-order valence-corrected chi connectivity index (χ4v) is 2.65. The molecule has 0 bridgehead atoms. The van der Waals surface area contributed by atoms with Crippen LogP contribution >= 0.6 is 0 Å². The highest BCUT2D eigenvalue weighted by atomic mass is 16.7. The van der Waals surface area contributed by atoms with Crippen molar-refractivity contribution in [3.05, 3.63) is 35.7 Å². The first-order valence-corrected chi connectivity index (χ1v) is 7.88. The molecule has 0 spiro atoms. The van der Waals surface area contributed by atoms with Crippen molar-refractivity contribution >= 4 is 5.91 Å². The zero-order valence-electron chi connectivity index (χ0n) is 14.2. The zero-order chi connectivity index (χ0) is 17.3. The van der Waals surface area contributed by atoms with Crippen LogP contribution in [0.15, 0.2) is 28.9 Å². The van der Waals surface area contributed by atoms with E-state index >= 15 is 0 Å². The maximum absolute atomic E-state index is 12.7. The lowest BCUT2D eigenvalue weighted by atomic mass is 10.1. The van der Waals surface area contributed by atoms with E-state index in [0.717, 1.165) is 0 Å². The molecule has 0 aliphatic carbocycles. The lowest BCUT2D eigenvalue weighted by molar-refractivity contribution is -0.140. The highest BCUT2D eigenvalue weighted by molar-refractivity contribution is 6.00. The van der Waals surface area contributed by atoms with Gasteiger partial charge in [-0.1, -0.05) is 11.2 Å². The number of carbonyl (C=O) groups is 1. The number of hydrogen-bond donors (Lipinski definition) is 1. The lowest BCUT2D eigenvalue weighted by Crippen LogP contribution is -2.43. The van der Waals surface area contributed by atoms with Gasteiger partial charge in [-0.25, -0.2) is 0 Å². The largest absolute Gasteiger partial charge is 0.360 e. The number of hydrogen-bond acceptors (Lipinski definition) is 6. The number of aromatic nitrogens is 2. The quantitative estimate of drug-likeness (QED) is 0.925. The summed E-state index contributed by atoms with van der Waals surface area (Å²) in [5, 5.41) is 6.92. The molecule has 3 heterocycles. The molecule has 1 amide bonds. The zero-order valence-corrected chi connectivity index (χ0v) is 14.2. The number of rotatable bonds is 4. The van der Waals surface area contributed by atoms with Crippen molar-refractivity contribution in [2.45, 2.75) is 45.6 Å². The molecular weight excluding hydrogens is 310 g/mol. The average Bonchev–Trinajstić information content (AvgIpc) is 3.10. The van der Waals surface area contributed by atoms with Gasteiger partial charge in [0.2, 0.25) is 0 Å². The molecule has 1 aliphatic rings. The summed E-state index contributed by atoms with van der Waals surface area (Å²) in [5.74, 6) is -0.449. The van der Waals surface area contributed by atoms with Crippen LogP contribution in [0.25, 0.3) is 11.4 Å². The molecule has 24 heavy (non-hydrogen) atoms. The van der Waals surface area contributed by atoms with Crippen LogP contribution in [-0.2, 0) is 9.47 Å². The Morgan fingerprint density at radius 3 is 2.83 bits per heavy atom. The summed E-state index contributed by atoms with van der Waals surface area (Å²) in [5.41, 5.74) is 1.41. The van der Waals surface area contributed by atoms with E-state index in [-0.39, 0.29) is 18.1 Å². The Morgan fingerprint density at radius 2 is 2.21 bits per heavy atom. The third-order valence-electron chi connectivity index (χ3n) is 3.94. The van der Waals surface area contributed by atoms with Gasteiger partial charge in [-0.3, -0.25) is 9.78 Å². The Labute approximate surface area is 140 Å². The molecule has 1 N–H and O–H groups in total. The van der Waals surface area contributed by atoms with Gasteiger partial charge in [0.1, 0.15) is 23.1 Å². The highest BCUT2D eigenvalue weighted by Gasteiger charge is 2.36. The van der Waals surface area contributed by atoms with Crippen molar-refractivity contribution < 1.29 is 18.8 Å². The van der Waals surface area contributed by atoms with Crippen molar-refractivity contribution in [2.75, 3.05) is 6.61 Å². The topological polar surface area (TPSA) is 86.5 Å². The molecule has 1 aliphatic heterocycles. The molecule has 128 valence electrons. The van der Waals surface area contributed by atoms with Crippen molar-refractivity contribution in [1.82, 2.24) is 15.5 Å². The molecule has 3 rings (SSSR count). The van der Waals surface area contributed by atoms with Gasteiger partial charge in [0.05, 0.1) is 18.3 Å². The van der Waals surface area contributed by atoms with E-state index in [4.69, 9.17) is 14.0 Å². The number of nitrogens with one attached hydrogen (secondary N) is 1. The molecule has 1 saturated heterocycles. The van der Waals surface area contributed by atoms with Crippen molar-refractivity contribution in [2.24, 2.45) is 0 Å². The van der Waals surface area contributed by atoms with E-state index in [0.29, 0.717) is 29.3 Å². The highest BCUT2D eigenvalue weighted by Crippen LogP contribution is 2.26. The second kappa shape index (κ2) is 6.33. The molecule has 0 aromatic carbocycles. The molecule has 7 nitrogen and oxygen atoms in total. The van der Waals surface area contributed by atoms with Gasteiger partial charge in [-0.15, -0.1) is 0 Å². The third-order valence-corrected chi connectivity index (χ3v) is 3.94. The Balaban J connectivity index is 1.78. The minimum absolute atomic E-state index is 0.206. The normalized spacial score (nSPS) is 20.8. The van der Waals surface area contributed by atoms with Crippen molar-refractivity contribution in [1.29, 1.82) is 0 Å². The smallest absolute Gasteiger partial charge is 0.257 e. The van der Waals surface area contributed by atoms with Crippen LogP contribution < -0.4 is 5.32 Å². The van der Waals surface area contributed by atoms with Gasteiger partial charge in [-0.2, -0.15) is 0 Å². The second-order valence-corrected chi connectivity index (χ2v) is 6.31. The maximum atomic E-state index is 12.7. The summed E-state index contributed by atoms with van der Waals surface area (Å²) < 4.78 is 16.5. The fourth-order valence-electron chi connectivity index (χ4n) is 2.65. The van der Waals surface area contributed by atoms with Crippen LogP contribution in [0.3, 0.4) is 0 Å². The monoisotopic (exact) mass is 331 g/mol. The molecule has 7 heteroatoms. The first-order chi connectivity index (χ1) is 11.4. The third kappa shape index (κ3) is 3.32. The Bertz CT molecular complexity index is 727. The van der Waals surface area contributed by atoms with E-state index in [1.807, 2.05) is 26.8 Å². The fraction of sp³-hybridized carbons (Fsp3) is 0.471. The number of amides is 1. The number of ether oxygens (including phenoxy) is 2. The van der Waals surface area contributed by atoms with E-state index in [1.165, 1.54) is 0 Å². The first kappa shape index (κ1) is 16.6. The molecule has 2 aromatic heterocycles. The average molecular weight is 331 g/mol. The van der Waals surface area contributed by atoms with Gasteiger partial charge in [0, 0.05) is 6.20 Å². The summed E-state index contributed by atoms with van der Waals surface area (Å²) in [6, 6.07) is 5.21. The van der Waals surface area contributed by atoms with Crippen LogP contribution in [-0.4, -0.2) is 40.6 Å². The first-order valence-electron chi connectivity index (χ1n) is 7.88. The summed E-state index contributed by atoms with van der Waals surface area (Å²) in [6.07, 6.45) is 1.44. The Hall–Kier alpha value is -2.25. The summed E-state index contributed by atoms with van der Waals surface area (Å²) in [7, 11) is 0. The van der Waals surface area contributed by atoms with Crippen LogP contribution in [0.5, 0.6) is 0 Å². The van der Waals surface area contributed by atoms with Crippen LogP contribution in [0.1, 0.15) is 36.9 Å². The minimum atomic E-state index is -0.629. The van der Waals surface area contributed by atoms with E-state index in [9.17, 15) is 4.79 Å². The van der Waals surface area contributed by atoms with Gasteiger partial charge in [0.15, 0.2) is 5.79 Å². The molecular formula is C17H21N3O4. The van der Waals surface area contributed by atoms with Crippen LogP contribution in [0.2, 0.25) is 0 Å². The molecule has 2 aromatic rings. The minimum Gasteiger partial charge on any atom is -0.360 e. The SMILES string of the molecule is Cc1onc(-c2ccccn2)c1C(=O)N[C@@H](C)[C@H]1COC(C)(C)O1. The summed E-state index contributed by atoms with van der Waals surface area (Å²) in [6.45, 7) is 7.73. The number of nitrogens with zero attached hydrogens (tertiary/aromatic N) is 2. The van der Waals surface area contributed by atoms with Gasteiger partial charge in [0.25, 0.3) is 5.91 Å². The Kier molecular flexibility index (Phi) is 4.38. The number of aryl methyl sites for hydroxylation is 1. The van der Waals surface area contributed by atoms with Crippen LogP contribution in [0.4, 0.5) is 0 Å². The summed E-state index contributed by atoms with van der Waals surface area (Å²) >= 11 is 0. The molecule has 0 unspecified atom stereocenters. The predicted octanol–water partition coefficient (Wildman–Crippen LogP) is 2.31. The summed E-state index contributed by atoms with van der Waals surface area (Å²) in [4.78, 5) is 16.9. The van der Waals surface area contributed by atoms with Gasteiger partial charge >= 0.3 is 0 Å². The molecule has 0 radical (unpaired) electrons. The van der Waals surface area contributed by atoms with E-state index in [1.54, 1.807) is 25.3 Å². The van der Waals surface area contributed by atoms with Crippen molar-refractivity contribution in [3.63, 3.8) is 0 Å². The molecule has 1 fully saturated rings. The predicted molar refractivity (Wildman–Crippen MR) is 86.3 cm³/mol. The van der Waals surface area contributed by atoms with Crippen LogP contribution in [0, 0.1) is 6.92 Å². The van der Waals surface area contributed by atoms with Gasteiger partial charge < -0.3 is 19.3 Å². The second-order valence-electron chi connectivity index (χ2n) is 6.31. The molecule has 2 atom stereocenters. The van der Waals surface area contributed by atoms with E-state index < -0.39 is 5.79 Å². The van der Waals surface area contributed by atoms with E-state index in [2.05, 4.69) is 15.5 Å². The van der Waals surface area contributed by atoms with Crippen molar-refractivity contribution in [3.8, 4) is 11.4 Å². The maximum Gasteiger partial charge on any atom is 0.257 e. The standard InChI is InChI=1S/C17H21N3O4/c1-10(13-9-22-17(3,4)23-13)19-16(21)14-11(2)24-20-15(14)12-7-5-6-8-18-12/h5-8,10,13H,9H2,1-4H3,(H,19,21)/t10-,13+/m0/s1.